The molecule has 0 aliphatic carbocycles. The third-order valence-electron chi connectivity index (χ3n) is 3.25. The van der Waals surface area contributed by atoms with Gasteiger partial charge in [0, 0.05) is 23.1 Å². The smallest absolute Gasteiger partial charge is 0.306 e. The van der Waals surface area contributed by atoms with Gasteiger partial charge in [-0.25, -0.2) is 0 Å². The van der Waals surface area contributed by atoms with Gasteiger partial charge >= 0.3 is 5.97 Å². The molecule has 1 fully saturated rings. The average Bonchev–Trinajstić information content (AvgIpc) is 2.37. The molecule has 1 aromatic rings. The molecule has 0 radical (unpaired) electrons. The first-order valence-corrected chi connectivity index (χ1v) is 7.15. The number of carbonyl (C=O) groups excluding carboxylic acids is 1. The minimum atomic E-state index is -0.913. The fraction of sp³-hybridized carbons (Fsp3) is 0.429. The molecule has 0 aromatic heterocycles. The summed E-state index contributed by atoms with van der Waals surface area (Å²) in [5.41, 5.74) is 1.54. The Hall–Kier alpha value is -1.40. The van der Waals surface area contributed by atoms with Crippen molar-refractivity contribution in [3.8, 4) is 0 Å². The molecular formula is C14H16BrNO4. The van der Waals surface area contributed by atoms with Crippen molar-refractivity contribution in [2.45, 2.75) is 19.4 Å². The minimum absolute atomic E-state index is 0.0753. The van der Waals surface area contributed by atoms with Crippen LogP contribution < -0.4 is 0 Å². The normalized spacial score (nSPS) is 18.9. The van der Waals surface area contributed by atoms with Gasteiger partial charge in [-0.2, -0.15) is 0 Å². The predicted octanol–water partition coefficient (Wildman–Crippen LogP) is 2.07. The van der Waals surface area contributed by atoms with Gasteiger partial charge in [0.1, 0.15) is 0 Å². The molecule has 1 amide bonds. The quantitative estimate of drug-likeness (QED) is 0.913. The summed E-state index contributed by atoms with van der Waals surface area (Å²) in [6, 6.07) is 5.50. The molecule has 1 saturated heterocycles. The first kappa shape index (κ1) is 15.0. The Morgan fingerprint density at radius 1 is 1.50 bits per heavy atom. The minimum Gasteiger partial charge on any atom is -0.481 e. The van der Waals surface area contributed by atoms with E-state index in [9.17, 15) is 9.59 Å². The molecule has 6 heteroatoms. The lowest BCUT2D eigenvalue weighted by atomic mass is 10.1. The largest absolute Gasteiger partial charge is 0.481 e. The number of amides is 1. The second-order valence-electron chi connectivity index (χ2n) is 4.80. The second kappa shape index (κ2) is 6.37. The lowest BCUT2D eigenvalue weighted by Gasteiger charge is -2.32. The number of hydrogen-bond acceptors (Lipinski definition) is 3. The zero-order chi connectivity index (χ0) is 14.7. The van der Waals surface area contributed by atoms with Crippen LogP contribution in [0.2, 0.25) is 0 Å². The Balaban J connectivity index is 2.10. The molecule has 1 atom stereocenters. The maximum Gasteiger partial charge on any atom is 0.306 e. The fourth-order valence-electron chi connectivity index (χ4n) is 2.26. The molecule has 1 aliphatic rings. The molecule has 0 spiro atoms. The number of carboxylic acids is 1. The Kier molecular flexibility index (Phi) is 4.77. The topological polar surface area (TPSA) is 66.8 Å². The van der Waals surface area contributed by atoms with Gasteiger partial charge in [-0.15, -0.1) is 0 Å². The summed E-state index contributed by atoms with van der Waals surface area (Å²) in [7, 11) is 0. The molecule has 108 valence electrons. The summed E-state index contributed by atoms with van der Waals surface area (Å²) < 4.78 is 6.30. The molecule has 2 rings (SSSR count). The van der Waals surface area contributed by atoms with E-state index in [2.05, 4.69) is 15.9 Å². The van der Waals surface area contributed by atoms with Crippen LogP contribution >= 0.6 is 15.9 Å². The number of aliphatic carboxylic acids is 1. The zero-order valence-electron chi connectivity index (χ0n) is 11.1. The number of ether oxygens (including phenoxy) is 1. The van der Waals surface area contributed by atoms with Crippen molar-refractivity contribution in [1.82, 2.24) is 4.90 Å². The van der Waals surface area contributed by atoms with E-state index in [-0.39, 0.29) is 12.3 Å². The number of nitrogens with zero attached hydrogens (tertiary/aromatic N) is 1. The standard InChI is InChI=1S/C14H16BrNO4/c1-9-6-10(15)2-3-12(9)14(19)16-4-5-20-11(8-16)7-13(17)18/h2-3,6,11H,4-5,7-8H2,1H3,(H,17,18). The Morgan fingerprint density at radius 2 is 2.25 bits per heavy atom. The number of benzene rings is 1. The summed E-state index contributed by atoms with van der Waals surface area (Å²) in [6.45, 7) is 3.07. The molecule has 0 saturated carbocycles. The number of hydrogen-bond donors (Lipinski definition) is 1. The monoisotopic (exact) mass is 341 g/mol. The molecule has 20 heavy (non-hydrogen) atoms. The zero-order valence-corrected chi connectivity index (χ0v) is 12.7. The summed E-state index contributed by atoms with van der Waals surface area (Å²) >= 11 is 3.37. The van der Waals surface area contributed by atoms with Crippen molar-refractivity contribution in [1.29, 1.82) is 0 Å². The highest BCUT2D eigenvalue weighted by molar-refractivity contribution is 9.10. The van der Waals surface area contributed by atoms with E-state index < -0.39 is 12.1 Å². The van der Waals surface area contributed by atoms with E-state index in [0.717, 1.165) is 10.0 Å². The summed E-state index contributed by atoms with van der Waals surface area (Å²) in [4.78, 5) is 24.8. The van der Waals surface area contributed by atoms with Crippen LogP contribution in [0.4, 0.5) is 0 Å². The SMILES string of the molecule is Cc1cc(Br)ccc1C(=O)N1CCOC(CC(=O)O)C1. The Labute approximate surface area is 125 Å². The van der Waals surface area contributed by atoms with Gasteiger partial charge in [0.05, 0.1) is 19.1 Å². The highest BCUT2D eigenvalue weighted by atomic mass is 79.9. The number of carbonyl (C=O) groups is 2. The van der Waals surface area contributed by atoms with Crippen LogP contribution in [-0.2, 0) is 9.53 Å². The van der Waals surface area contributed by atoms with Crippen molar-refractivity contribution >= 4 is 27.8 Å². The van der Waals surface area contributed by atoms with E-state index >= 15 is 0 Å². The van der Waals surface area contributed by atoms with Crippen LogP contribution in [0.25, 0.3) is 0 Å². The van der Waals surface area contributed by atoms with Crippen molar-refractivity contribution < 1.29 is 19.4 Å². The van der Waals surface area contributed by atoms with Gasteiger partial charge in [0.15, 0.2) is 0 Å². The van der Waals surface area contributed by atoms with Gasteiger partial charge in [-0.1, -0.05) is 15.9 Å². The van der Waals surface area contributed by atoms with Crippen LogP contribution in [0.1, 0.15) is 22.3 Å². The predicted molar refractivity (Wildman–Crippen MR) is 76.8 cm³/mol. The third kappa shape index (κ3) is 3.58. The highest BCUT2D eigenvalue weighted by Gasteiger charge is 2.27. The average molecular weight is 342 g/mol. The van der Waals surface area contributed by atoms with Crippen LogP contribution in [0.5, 0.6) is 0 Å². The first-order chi connectivity index (χ1) is 9.47. The van der Waals surface area contributed by atoms with Crippen LogP contribution in [0.15, 0.2) is 22.7 Å². The van der Waals surface area contributed by atoms with Gasteiger partial charge in [-0.3, -0.25) is 9.59 Å². The number of aryl methyl sites for hydroxylation is 1. The molecule has 5 nitrogen and oxygen atoms in total. The van der Waals surface area contributed by atoms with Crippen molar-refractivity contribution in [2.24, 2.45) is 0 Å². The summed E-state index contributed by atoms with van der Waals surface area (Å²) in [6.07, 6.45) is -0.510. The molecule has 1 aromatic carbocycles. The van der Waals surface area contributed by atoms with Crippen molar-refractivity contribution in [3.05, 3.63) is 33.8 Å². The van der Waals surface area contributed by atoms with E-state index in [4.69, 9.17) is 9.84 Å². The van der Waals surface area contributed by atoms with Crippen molar-refractivity contribution in [2.75, 3.05) is 19.7 Å². The second-order valence-corrected chi connectivity index (χ2v) is 5.72. The van der Waals surface area contributed by atoms with Gasteiger partial charge in [-0.05, 0) is 30.7 Å². The van der Waals surface area contributed by atoms with E-state index in [1.807, 2.05) is 19.1 Å². The molecule has 1 aliphatic heterocycles. The van der Waals surface area contributed by atoms with Gasteiger partial charge in [0.25, 0.3) is 5.91 Å². The molecule has 0 bridgehead atoms. The van der Waals surface area contributed by atoms with Crippen molar-refractivity contribution in [3.63, 3.8) is 0 Å². The molecular weight excluding hydrogens is 326 g/mol. The first-order valence-electron chi connectivity index (χ1n) is 6.36. The van der Waals surface area contributed by atoms with E-state index in [1.54, 1.807) is 11.0 Å². The Bertz CT molecular complexity index is 532. The number of halogens is 1. The molecule has 1 N–H and O–H groups in total. The summed E-state index contributed by atoms with van der Waals surface area (Å²) in [5, 5.41) is 8.79. The maximum absolute atomic E-state index is 12.5. The van der Waals surface area contributed by atoms with E-state index in [0.29, 0.717) is 25.3 Å². The van der Waals surface area contributed by atoms with Gasteiger partial charge in [0.2, 0.25) is 0 Å². The molecule has 1 unspecified atom stereocenters. The lowest BCUT2D eigenvalue weighted by Crippen LogP contribution is -2.46. The highest BCUT2D eigenvalue weighted by Crippen LogP contribution is 2.19. The number of rotatable bonds is 3. The summed E-state index contributed by atoms with van der Waals surface area (Å²) in [5.74, 6) is -0.988. The van der Waals surface area contributed by atoms with Gasteiger partial charge < -0.3 is 14.7 Å². The molecule has 1 heterocycles. The Morgan fingerprint density at radius 3 is 2.90 bits per heavy atom. The lowest BCUT2D eigenvalue weighted by molar-refractivity contribution is -0.141. The number of carboxylic acid groups (broad SMARTS) is 1. The maximum atomic E-state index is 12.5. The fourth-order valence-corrected chi connectivity index (χ4v) is 2.73. The van der Waals surface area contributed by atoms with Crippen LogP contribution in [0.3, 0.4) is 0 Å². The number of morpholine rings is 1. The van der Waals surface area contributed by atoms with Crippen LogP contribution in [0, 0.1) is 6.92 Å². The van der Waals surface area contributed by atoms with Crippen LogP contribution in [-0.4, -0.2) is 47.7 Å². The van der Waals surface area contributed by atoms with E-state index in [1.165, 1.54) is 0 Å². The third-order valence-corrected chi connectivity index (χ3v) is 3.74.